The van der Waals surface area contributed by atoms with Crippen molar-refractivity contribution in [2.24, 2.45) is 0 Å². The minimum atomic E-state index is 0.431. The van der Waals surface area contributed by atoms with Crippen LogP contribution in [0.5, 0.6) is 0 Å². The Kier molecular flexibility index (Phi) is 3.54. The predicted molar refractivity (Wildman–Crippen MR) is 84.9 cm³/mol. The molecule has 0 radical (unpaired) electrons. The summed E-state index contributed by atoms with van der Waals surface area (Å²) in [5.74, 6) is 0.864. The lowest BCUT2D eigenvalue weighted by atomic mass is 10.1. The van der Waals surface area contributed by atoms with Crippen molar-refractivity contribution in [2.45, 2.75) is 6.92 Å². The van der Waals surface area contributed by atoms with Crippen LogP contribution < -0.4 is 5.73 Å². The molecule has 104 valence electrons. The van der Waals surface area contributed by atoms with Gasteiger partial charge in [-0.15, -0.1) is 0 Å². The second-order valence-corrected chi connectivity index (χ2v) is 5.01. The van der Waals surface area contributed by atoms with Crippen molar-refractivity contribution in [1.82, 2.24) is 15.0 Å². The maximum Gasteiger partial charge on any atom is 0.182 e. The number of nitrogens with zero attached hydrogens (tertiary/aromatic N) is 3. The molecule has 0 aliphatic heterocycles. The lowest BCUT2D eigenvalue weighted by molar-refractivity contribution is 1.12. The smallest absolute Gasteiger partial charge is 0.182 e. The Morgan fingerprint density at radius 2 is 1.71 bits per heavy atom. The zero-order chi connectivity index (χ0) is 14.8. The molecule has 1 aromatic carbocycles. The Morgan fingerprint density at radius 3 is 2.43 bits per heavy atom. The molecule has 21 heavy (non-hydrogen) atoms. The Morgan fingerprint density at radius 1 is 0.952 bits per heavy atom. The molecule has 0 aliphatic rings. The molecule has 2 aromatic heterocycles. The average Bonchev–Trinajstić information content (AvgIpc) is 2.51. The Bertz CT molecular complexity index is 788. The lowest BCUT2D eigenvalue weighted by Crippen LogP contribution is -2.03. The van der Waals surface area contributed by atoms with Gasteiger partial charge in [-0.2, -0.15) is 0 Å². The van der Waals surface area contributed by atoms with E-state index in [4.69, 9.17) is 17.3 Å². The first-order chi connectivity index (χ1) is 10.2. The molecular weight excluding hydrogens is 284 g/mol. The van der Waals surface area contributed by atoms with E-state index in [2.05, 4.69) is 15.0 Å². The molecule has 0 unspecified atom stereocenters. The minimum Gasteiger partial charge on any atom is -0.383 e. The summed E-state index contributed by atoms with van der Waals surface area (Å²) >= 11 is 6.17. The molecule has 2 N–H and O–H groups in total. The van der Waals surface area contributed by atoms with E-state index < -0.39 is 0 Å². The van der Waals surface area contributed by atoms with Crippen LogP contribution in [0.3, 0.4) is 0 Å². The van der Waals surface area contributed by atoms with Crippen LogP contribution in [0.2, 0.25) is 5.02 Å². The van der Waals surface area contributed by atoms with Gasteiger partial charge in [-0.1, -0.05) is 41.9 Å². The number of pyridine rings is 1. The fourth-order valence-electron chi connectivity index (χ4n) is 2.07. The van der Waals surface area contributed by atoms with E-state index in [0.29, 0.717) is 22.4 Å². The molecule has 0 amide bonds. The van der Waals surface area contributed by atoms with Crippen molar-refractivity contribution in [3.8, 4) is 22.8 Å². The molecule has 4 nitrogen and oxygen atoms in total. The van der Waals surface area contributed by atoms with Crippen LogP contribution in [0.25, 0.3) is 22.8 Å². The summed E-state index contributed by atoms with van der Waals surface area (Å²) in [4.78, 5) is 13.1. The summed E-state index contributed by atoms with van der Waals surface area (Å²) < 4.78 is 0. The maximum atomic E-state index is 6.17. The van der Waals surface area contributed by atoms with Gasteiger partial charge in [0.1, 0.15) is 11.5 Å². The number of aromatic nitrogens is 3. The van der Waals surface area contributed by atoms with E-state index in [1.54, 1.807) is 18.3 Å². The number of halogens is 1. The molecule has 0 aliphatic carbocycles. The molecule has 5 heteroatoms. The lowest BCUT2D eigenvalue weighted by Gasteiger charge is -2.10. The number of hydrogen-bond donors (Lipinski definition) is 1. The van der Waals surface area contributed by atoms with Crippen molar-refractivity contribution in [3.05, 3.63) is 59.2 Å². The first-order valence-corrected chi connectivity index (χ1v) is 6.85. The zero-order valence-electron chi connectivity index (χ0n) is 11.4. The molecule has 0 bridgehead atoms. The van der Waals surface area contributed by atoms with Gasteiger partial charge >= 0.3 is 0 Å². The third-order valence-corrected chi connectivity index (χ3v) is 3.51. The third-order valence-electron chi connectivity index (χ3n) is 3.20. The van der Waals surface area contributed by atoms with E-state index in [1.165, 1.54) is 0 Å². The Hall–Kier alpha value is -2.46. The van der Waals surface area contributed by atoms with Crippen molar-refractivity contribution < 1.29 is 0 Å². The van der Waals surface area contributed by atoms with Crippen LogP contribution >= 0.6 is 11.6 Å². The monoisotopic (exact) mass is 296 g/mol. The molecule has 0 atom stereocenters. The summed E-state index contributed by atoms with van der Waals surface area (Å²) in [5.41, 5.74) is 9.17. The van der Waals surface area contributed by atoms with Crippen LogP contribution in [0.1, 0.15) is 5.56 Å². The van der Waals surface area contributed by atoms with Crippen molar-refractivity contribution in [3.63, 3.8) is 0 Å². The standard InChI is InChI=1S/C16H13ClN4/c1-10-13(11-6-3-2-4-7-11)20-16(21-15(10)18)14-12(17)8-5-9-19-14/h2-9H,1H3,(H2,18,20,21). The third kappa shape index (κ3) is 2.58. The highest BCUT2D eigenvalue weighted by atomic mass is 35.5. The highest BCUT2D eigenvalue weighted by molar-refractivity contribution is 6.32. The number of nitrogen functional groups attached to an aromatic ring is 1. The molecule has 0 fully saturated rings. The number of nitrogens with two attached hydrogens (primary N) is 1. The predicted octanol–water partition coefficient (Wildman–Crippen LogP) is 3.75. The van der Waals surface area contributed by atoms with Gasteiger partial charge in [0.05, 0.1) is 10.7 Å². The van der Waals surface area contributed by atoms with Crippen LogP contribution in [-0.2, 0) is 0 Å². The molecule has 0 saturated carbocycles. The molecule has 2 heterocycles. The van der Waals surface area contributed by atoms with Crippen molar-refractivity contribution in [1.29, 1.82) is 0 Å². The summed E-state index contributed by atoms with van der Waals surface area (Å²) in [6, 6.07) is 13.4. The zero-order valence-corrected chi connectivity index (χ0v) is 12.2. The second-order valence-electron chi connectivity index (χ2n) is 4.61. The quantitative estimate of drug-likeness (QED) is 0.782. The Balaban J connectivity index is 2.22. The van der Waals surface area contributed by atoms with Gasteiger partial charge in [-0.3, -0.25) is 4.98 Å². The summed E-state index contributed by atoms with van der Waals surface area (Å²) in [5, 5.41) is 0.500. The van der Waals surface area contributed by atoms with Gasteiger partial charge in [-0.05, 0) is 19.1 Å². The highest BCUT2D eigenvalue weighted by Gasteiger charge is 2.14. The molecule has 3 aromatic rings. The van der Waals surface area contributed by atoms with Gasteiger partial charge in [0, 0.05) is 17.3 Å². The second kappa shape index (κ2) is 5.50. The van der Waals surface area contributed by atoms with Crippen LogP contribution in [0, 0.1) is 6.92 Å². The normalized spacial score (nSPS) is 10.6. The van der Waals surface area contributed by atoms with Gasteiger partial charge in [-0.25, -0.2) is 9.97 Å². The van der Waals surface area contributed by atoms with Gasteiger partial charge < -0.3 is 5.73 Å². The van der Waals surface area contributed by atoms with Crippen molar-refractivity contribution in [2.75, 3.05) is 5.73 Å². The molecular formula is C16H13ClN4. The average molecular weight is 297 g/mol. The number of rotatable bonds is 2. The molecule has 0 saturated heterocycles. The van der Waals surface area contributed by atoms with E-state index in [1.807, 2.05) is 37.3 Å². The van der Waals surface area contributed by atoms with Crippen LogP contribution in [0.4, 0.5) is 5.82 Å². The minimum absolute atomic E-state index is 0.431. The maximum absolute atomic E-state index is 6.17. The summed E-state index contributed by atoms with van der Waals surface area (Å²) in [6.07, 6.45) is 1.66. The first-order valence-electron chi connectivity index (χ1n) is 6.47. The van der Waals surface area contributed by atoms with Gasteiger partial charge in [0.2, 0.25) is 0 Å². The van der Waals surface area contributed by atoms with E-state index in [-0.39, 0.29) is 0 Å². The van der Waals surface area contributed by atoms with Crippen LogP contribution in [-0.4, -0.2) is 15.0 Å². The molecule has 3 rings (SSSR count). The van der Waals surface area contributed by atoms with E-state index in [0.717, 1.165) is 16.8 Å². The highest BCUT2D eigenvalue weighted by Crippen LogP contribution is 2.29. The number of benzene rings is 1. The van der Waals surface area contributed by atoms with Gasteiger partial charge in [0.15, 0.2) is 5.82 Å². The SMILES string of the molecule is Cc1c(N)nc(-c2ncccc2Cl)nc1-c1ccccc1. The summed E-state index contributed by atoms with van der Waals surface area (Å²) in [7, 11) is 0. The van der Waals surface area contributed by atoms with Gasteiger partial charge in [0.25, 0.3) is 0 Å². The summed E-state index contributed by atoms with van der Waals surface area (Å²) in [6.45, 7) is 1.90. The number of hydrogen-bond acceptors (Lipinski definition) is 4. The Labute approximate surface area is 127 Å². The van der Waals surface area contributed by atoms with E-state index in [9.17, 15) is 0 Å². The van der Waals surface area contributed by atoms with Crippen molar-refractivity contribution >= 4 is 17.4 Å². The number of anilines is 1. The fraction of sp³-hybridized carbons (Fsp3) is 0.0625. The fourth-order valence-corrected chi connectivity index (χ4v) is 2.27. The van der Waals surface area contributed by atoms with Crippen LogP contribution in [0.15, 0.2) is 48.7 Å². The van der Waals surface area contributed by atoms with E-state index >= 15 is 0 Å². The molecule has 0 spiro atoms. The largest absolute Gasteiger partial charge is 0.383 e. The first kappa shape index (κ1) is 13.5. The topological polar surface area (TPSA) is 64.7 Å².